The summed E-state index contributed by atoms with van der Waals surface area (Å²) in [6.45, 7) is 7.11. The third-order valence-corrected chi connectivity index (χ3v) is 6.52. The van der Waals surface area contributed by atoms with Crippen LogP contribution in [0.5, 0.6) is 11.5 Å². The van der Waals surface area contributed by atoms with Crippen LogP contribution >= 0.6 is 0 Å². The van der Waals surface area contributed by atoms with Crippen LogP contribution in [0.25, 0.3) is 0 Å². The van der Waals surface area contributed by atoms with Gasteiger partial charge in [-0.15, -0.1) is 5.10 Å². The highest BCUT2D eigenvalue weighted by molar-refractivity contribution is 5.76. The van der Waals surface area contributed by atoms with Crippen molar-refractivity contribution >= 4 is 5.91 Å². The Kier molecular flexibility index (Phi) is 8.02. The first-order chi connectivity index (χ1) is 16.4. The van der Waals surface area contributed by atoms with Gasteiger partial charge in [-0.2, -0.15) is 0 Å². The smallest absolute Gasteiger partial charge is 0.231 e. The molecule has 1 amide bonds. The van der Waals surface area contributed by atoms with Gasteiger partial charge < -0.3 is 24.2 Å². The van der Waals surface area contributed by atoms with E-state index in [1.54, 1.807) is 11.1 Å². The largest absolute Gasteiger partial charge is 0.454 e. The Hall–Kier alpha value is -2.69. The van der Waals surface area contributed by atoms with Gasteiger partial charge >= 0.3 is 0 Å². The number of nitrogens with zero attached hydrogens (tertiary/aromatic N) is 5. The van der Waals surface area contributed by atoms with Crippen molar-refractivity contribution in [2.24, 2.45) is 5.92 Å². The van der Waals surface area contributed by atoms with Crippen molar-refractivity contribution in [2.75, 3.05) is 33.5 Å². The van der Waals surface area contributed by atoms with E-state index >= 15 is 0 Å². The lowest BCUT2D eigenvalue weighted by Gasteiger charge is -2.35. The monoisotopic (exact) mass is 473 g/mol. The molecule has 1 aromatic carbocycles. The number of aliphatic hydroxyl groups is 1. The van der Waals surface area contributed by atoms with E-state index in [2.05, 4.69) is 29.2 Å². The first-order valence-electron chi connectivity index (χ1n) is 11.9. The van der Waals surface area contributed by atoms with Crippen LogP contribution in [-0.2, 0) is 29.2 Å². The fourth-order valence-corrected chi connectivity index (χ4v) is 4.47. The molecular weight excluding hydrogens is 438 g/mol. The summed E-state index contributed by atoms with van der Waals surface area (Å²) in [6.07, 6.45) is 2.67. The van der Waals surface area contributed by atoms with Gasteiger partial charge in [0.15, 0.2) is 11.5 Å². The van der Waals surface area contributed by atoms with Gasteiger partial charge in [-0.05, 0) is 38.1 Å². The summed E-state index contributed by atoms with van der Waals surface area (Å²) in [5.41, 5.74) is 2.03. The lowest BCUT2D eigenvalue weighted by Crippen LogP contribution is -2.47. The number of aryl methyl sites for hydroxylation is 1. The summed E-state index contributed by atoms with van der Waals surface area (Å²) in [5.74, 6) is 1.65. The minimum Gasteiger partial charge on any atom is -0.454 e. The third-order valence-electron chi connectivity index (χ3n) is 6.52. The number of benzene rings is 1. The molecule has 0 spiro atoms. The van der Waals surface area contributed by atoms with Crippen molar-refractivity contribution < 1.29 is 24.1 Å². The quantitative estimate of drug-likeness (QED) is 0.676. The lowest BCUT2D eigenvalue weighted by atomic mass is 10.0. The molecule has 0 saturated carbocycles. The minimum absolute atomic E-state index is 0.0445. The minimum atomic E-state index is -0.244. The van der Waals surface area contributed by atoms with E-state index in [1.165, 1.54) is 0 Å². The van der Waals surface area contributed by atoms with E-state index in [9.17, 15) is 9.90 Å². The van der Waals surface area contributed by atoms with Gasteiger partial charge in [0, 0.05) is 38.5 Å². The van der Waals surface area contributed by atoms with E-state index in [0.29, 0.717) is 39.1 Å². The number of aliphatic hydroxyl groups excluding tert-OH is 1. The highest BCUT2D eigenvalue weighted by Crippen LogP contribution is 2.32. The molecule has 3 atom stereocenters. The number of carbonyl (C=O) groups excluding carboxylic acids is 1. The number of rotatable bonds is 6. The zero-order chi connectivity index (χ0) is 24.1. The average Bonchev–Trinajstić information content (AvgIpc) is 3.47. The zero-order valence-corrected chi connectivity index (χ0v) is 20.2. The van der Waals surface area contributed by atoms with E-state index < -0.39 is 0 Å². The molecule has 34 heavy (non-hydrogen) atoms. The molecule has 2 aromatic rings. The topological polar surface area (TPSA) is 102 Å². The highest BCUT2D eigenvalue weighted by Gasteiger charge is 2.28. The van der Waals surface area contributed by atoms with Crippen molar-refractivity contribution in [1.82, 2.24) is 24.8 Å². The lowest BCUT2D eigenvalue weighted by molar-refractivity contribution is -0.136. The molecule has 0 aliphatic carbocycles. The molecule has 0 bridgehead atoms. The van der Waals surface area contributed by atoms with Crippen LogP contribution in [-0.4, -0.2) is 81.5 Å². The average molecular weight is 474 g/mol. The van der Waals surface area contributed by atoms with Crippen molar-refractivity contribution in [3.05, 3.63) is 35.7 Å². The van der Waals surface area contributed by atoms with Gasteiger partial charge in [0.2, 0.25) is 12.7 Å². The van der Waals surface area contributed by atoms with Crippen LogP contribution < -0.4 is 9.47 Å². The first kappa shape index (κ1) is 24.4. The van der Waals surface area contributed by atoms with Crippen LogP contribution in [0.15, 0.2) is 24.4 Å². The molecule has 1 aromatic heterocycles. The van der Waals surface area contributed by atoms with Crippen LogP contribution in [0, 0.1) is 5.92 Å². The van der Waals surface area contributed by atoms with E-state index in [1.807, 2.05) is 29.8 Å². The standard InChI is InChI=1S/C24H35N5O5/c1-17-11-28(18(2)14-30)24(31)5-4-8-29-20(10-25-26-29)15-32-23(17)13-27(3)12-19-6-7-21-22(9-19)34-16-33-21/h6-7,9-10,17-18,23,30H,4-5,8,11-16H2,1-3H3/t17-,18+,23-/m1/s1. The molecule has 4 rings (SSSR count). The van der Waals surface area contributed by atoms with Crippen LogP contribution in [0.4, 0.5) is 0 Å². The molecule has 2 aliphatic heterocycles. The molecule has 0 unspecified atom stereocenters. The Morgan fingerprint density at radius 3 is 2.94 bits per heavy atom. The molecule has 3 heterocycles. The van der Waals surface area contributed by atoms with Gasteiger partial charge in [-0.3, -0.25) is 9.69 Å². The number of hydrogen-bond acceptors (Lipinski definition) is 8. The van der Waals surface area contributed by atoms with Crippen molar-refractivity contribution in [3.63, 3.8) is 0 Å². The summed E-state index contributed by atoms with van der Waals surface area (Å²) in [6, 6.07) is 5.75. The molecule has 186 valence electrons. The number of amides is 1. The van der Waals surface area contributed by atoms with E-state index in [0.717, 1.165) is 29.3 Å². The number of likely N-dealkylation sites (N-methyl/N-ethyl adjacent to an activating group) is 1. The maximum atomic E-state index is 13.0. The van der Waals surface area contributed by atoms with Gasteiger partial charge in [0.05, 0.1) is 37.3 Å². The third kappa shape index (κ3) is 5.86. The second-order valence-electron chi connectivity index (χ2n) is 9.34. The van der Waals surface area contributed by atoms with E-state index in [-0.39, 0.29) is 37.4 Å². The molecule has 0 saturated heterocycles. The van der Waals surface area contributed by atoms with Crippen LogP contribution in [0.1, 0.15) is 37.9 Å². The van der Waals surface area contributed by atoms with Crippen molar-refractivity contribution in [1.29, 1.82) is 0 Å². The summed E-state index contributed by atoms with van der Waals surface area (Å²) in [7, 11) is 2.06. The van der Waals surface area contributed by atoms with Gasteiger partial charge in [-0.1, -0.05) is 18.2 Å². The molecule has 1 N–H and O–H groups in total. The number of aromatic nitrogens is 3. The predicted octanol–water partition coefficient (Wildman–Crippen LogP) is 1.66. The normalized spacial score (nSPS) is 22.3. The number of hydrogen-bond donors (Lipinski definition) is 1. The number of carbonyl (C=O) groups is 1. The van der Waals surface area contributed by atoms with Crippen molar-refractivity contribution in [2.45, 2.75) is 58.5 Å². The maximum absolute atomic E-state index is 13.0. The SMILES string of the molecule is C[C@@H]1CN([C@@H](C)CO)C(=O)CCCn2nncc2CO[C@@H]1CN(C)Cc1ccc2c(c1)OCO2. The second kappa shape index (κ2) is 11.2. The van der Waals surface area contributed by atoms with Crippen LogP contribution in [0.2, 0.25) is 0 Å². The molecule has 10 nitrogen and oxygen atoms in total. The van der Waals surface area contributed by atoms with Crippen molar-refractivity contribution in [3.8, 4) is 11.5 Å². The molecular formula is C24H35N5O5. The fraction of sp³-hybridized carbons (Fsp3) is 0.625. The Labute approximate surface area is 200 Å². The summed E-state index contributed by atoms with van der Waals surface area (Å²) in [5, 5.41) is 17.9. The Bertz CT molecular complexity index is 967. The second-order valence-corrected chi connectivity index (χ2v) is 9.34. The Balaban J connectivity index is 1.49. The summed E-state index contributed by atoms with van der Waals surface area (Å²) >= 11 is 0. The summed E-state index contributed by atoms with van der Waals surface area (Å²) in [4.78, 5) is 17.0. The zero-order valence-electron chi connectivity index (χ0n) is 20.2. The Morgan fingerprint density at radius 2 is 2.12 bits per heavy atom. The Morgan fingerprint density at radius 1 is 1.29 bits per heavy atom. The molecule has 0 radical (unpaired) electrons. The first-order valence-corrected chi connectivity index (χ1v) is 11.9. The highest BCUT2D eigenvalue weighted by atomic mass is 16.7. The molecule has 10 heteroatoms. The molecule has 2 aliphatic rings. The maximum Gasteiger partial charge on any atom is 0.231 e. The van der Waals surface area contributed by atoms with Crippen LogP contribution in [0.3, 0.4) is 0 Å². The summed E-state index contributed by atoms with van der Waals surface area (Å²) < 4.78 is 19.1. The fourth-order valence-electron chi connectivity index (χ4n) is 4.47. The molecule has 0 fully saturated rings. The predicted molar refractivity (Wildman–Crippen MR) is 124 cm³/mol. The van der Waals surface area contributed by atoms with Gasteiger partial charge in [0.1, 0.15) is 0 Å². The van der Waals surface area contributed by atoms with Gasteiger partial charge in [0.25, 0.3) is 0 Å². The van der Waals surface area contributed by atoms with Gasteiger partial charge in [-0.25, -0.2) is 4.68 Å². The van der Waals surface area contributed by atoms with E-state index in [4.69, 9.17) is 14.2 Å². The number of fused-ring (bicyclic) bond motifs is 2. The number of ether oxygens (including phenoxy) is 3.